The summed E-state index contributed by atoms with van der Waals surface area (Å²) in [5.41, 5.74) is 2.48. The van der Waals surface area contributed by atoms with Crippen LogP contribution in [0.4, 0.5) is 5.69 Å². The molecular formula is C23H25ClN4O3S. The third-order valence-electron chi connectivity index (χ3n) is 5.14. The van der Waals surface area contributed by atoms with Crippen molar-refractivity contribution in [2.45, 2.75) is 37.4 Å². The monoisotopic (exact) mass is 472 g/mol. The van der Waals surface area contributed by atoms with E-state index in [1.165, 1.54) is 11.8 Å². The van der Waals surface area contributed by atoms with E-state index in [1.807, 2.05) is 54.0 Å². The van der Waals surface area contributed by atoms with E-state index >= 15 is 0 Å². The van der Waals surface area contributed by atoms with Crippen molar-refractivity contribution in [1.82, 2.24) is 14.8 Å². The summed E-state index contributed by atoms with van der Waals surface area (Å²) < 4.78 is 13.5. The molecule has 1 amide bonds. The Labute approximate surface area is 196 Å². The fourth-order valence-corrected chi connectivity index (χ4v) is 4.27. The number of carbonyl (C=O) groups excluding carboxylic acids is 1. The molecule has 1 saturated heterocycles. The lowest BCUT2D eigenvalue weighted by Gasteiger charge is -2.23. The first-order valence-corrected chi connectivity index (χ1v) is 11.9. The molecule has 9 heteroatoms. The van der Waals surface area contributed by atoms with Gasteiger partial charge in [-0.25, -0.2) is 0 Å². The Morgan fingerprint density at radius 2 is 2.19 bits per heavy atom. The molecule has 0 radical (unpaired) electrons. The zero-order chi connectivity index (χ0) is 22.3. The average Bonchev–Trinajstić information content (AvgIpc) is 3.28. The van der Waals surface area contributed by atoms with Crippen molar-refractivity contribution >= 4 is 35.0 Å². The molecule has 2 aromatic carbocycles. The Balaban J connectivity index is 1.35. The second kappa shape index (κ2) is 10.8. The first kappa shape index (κ1) is 22.6. The van der Waals surface area contributed by atoms with Gasteiger partial charge in [0.05, 0.1) is 23.2 Å². The van der Waals surface area contributed by atoms with Crippen LogP contribution >= 0.6 is 23.4 Å². The summed E-state index contributed by atoms with van der Waals surface area (Å²) in [6.45, 7) is 3.20. The molecule has 3 aromatic rings. The van der Waals surface area contributed by atoms with Crippen molar-refractivity contribution in [3.8, 4) is 11.4 Å². The summed E-state index contributed by atoms with van der Waals surface area (Å²) in [5, 5.41) is 12.3. The summed E-state index contributed by atoms with van der Waals surface area (Å²) >= 11 is 7.55. The number of benzene rings is 2. The summed E-state index contributed by atoms with van der Waals surface area (Å²) in [6.07, 6.45) is 4.97. The molecule has 1 N–H and O–H groups in total. The molecule has 1 aliphatic heterocycles. The summed E-state index contributed by atoms with van der Waals surface area (Å²) in [4.78, 5) is 12.6. The lowest BCUT2D eigenvalue weighted by Crippen LogP contribution is -2.26. The van der Waals surface area contributed by atoms with Gasteiger partial charge in [0.1, 0.15) is 18.7 Å². The van der Waals surface area contributed by atoms with Gasteiger partial charge >= 0.3 is 0 Å². The number of hydrogen-bond donors (Lipinski definition) is 1. The van der Waals surface area contributed by atoms with Crippen LogP contribution in [0.3, 0.4) is 0 Å². The molecule has 1 unspecified atom stereocenters. The number of aromatic nitrogens is 3. The number of thioether (sulfide) groups is 1. The van der Waals surface area contributed by atoms with Crippen LogP contribution in [0.15, 0.2) is 53.9 Å². The van der Waals surface area contributed by atoms with E-state index in [-0.39, 0.29) is 17.8 Å². The van der Waals surface area contributed by atoms with Gasteiger partial charge in [0.25, 0.3) is 0 Å². The number of ether oxygens (including phenoxy) is 2. The van der Waals surface area contributed by atoms with Crippen LogP contribution in [0.2, 0.25) is 5.02 Å². The van der Waals surface area contributed by atoms with Gasteiger partial charge in [0.15, 0.2) is 5.16 Å². The third kappa shape index (κ3) is 5.82. The largest absolute Gasteiger partial charge is 0.489 e. The average molecular weight is 473 g/mol. The first-order valence-electron chi connectivity index (χ1n) is 10.5. The summed E-state index contributed by atoms with van der Waals surface area (Å²) in [6, 6.07) is 13.2. The van der Waals surface area contributed by atoms with Crippen LogP contribution in [0.25, 0.3) is 5.69 Å². The number of amides is 1. The van der Waals surface area contributed by atoms with Crippen molar-refractivity contribution in [2.24, 2.45) is 0 Å². The van der Waals surface area contributed by atoms with Gasteiger partial charge in [0.2, 0.25) is 5.91 Å². The maximum Gasteiger partial charge on any atom is 0.234 e. The molecule has 7 nitrogen and oxygen atoms in total. The molecule has 0 bridgehead atoms. The number of carbonyl (C=O) groups is 1. The maximum absolute atomic E-state index is 12.6. The molecular weight excluding hydrogens is 448 g/mol. The molecule has 1 atom stereocenters. The highest BCUT2D eigenvalue weighted by molar-refractivity contribution is 7.99. The standard InChI is InChI=1S/C23H25ClN4O3S/c1-16-9-10-17(12-19(16)24)28-15-25-27-23(28)32-14-22(29)26-20-7-2-3-8-21(20)31-13-18-6-4-5-11-30-18/h2-3,7-10,12,15,18H,4-6,11,13-14H2,1H3,(H,26,29). The molecule has 0 spiro atoms. The SMILES string of the molecule is Cc1ccc(-n2cnnc2SCC(=O)Nc2ccccc2OCC2CCCCO2)cc1Cl. The second-order valence-corrected chi connectivity index (χ2v) is 8.90. The smallest absolute Gasteiger partial charge is 0.234 e. The molecule has 0 aliphatic carbocycles. The molecule has 1 aliphatic rings. The number of hydrogen-bond acceptors (Lipinski definition) is 6. The minimum atomic E-state index is -0.156. The number of rotatable bonds is 8. The van der Waals surface area contributed by atoms with Gasteiger partial charge in [-0.15, -0.1) is 10.2 Å². The van der Waals surface area contributed by atoms with E-state index in [0.29, 0.717) is 28.2 Å². The van der Waals surface area contributed by atoms with E-state index in [1.54, 1.807) is 6.33 Å². The lowest BCUT2D eigenvalue weighted by molar-refractivity contribution is -0.113. The maximum atomic E-state index is 12.6. The molecule has 1 fully saturated rings. The van der Waals surface area contributed by atoms with Crippen molar-refractivity contribution < 1.29 is 14.3 Å². The minimum Gasteiger partial charge on any atom is -0.489 e. The van der Waals surface area contributed by atoms with Gasteiger partial charge in [0, 0.05) is 11.6 Å². The van der Waals surface area contributed by atoms with Gasteiger partial charge in [-0.3, -0.25) is 9.36 Å². The van der Waals surface area contributed by atoms with Crippen molar-refractivity contribution in [3.63, 3.8) is 0 Å². The van der Waals surface area contributed by atoms with E-state index in [9.17, 15) is 4.79 Å². The Morgan fingerprint density at radius 1 is 1.31 bits per heavy atom. The fourth-order valence-electron chi connectivity index (χ4n) is 3.37. The van der Waals surface area contributed by atoms with Crippen LogP contribution in [-0.4, -0.2) is 45.7 Å². The first-order chi connectivity index (χ1) is 15.6. The van der Waals surface area contributed by atoms with Crippen LogP contribution in [0.1, 0.15) is 24.8 Å². The van der Waals surface area contributed by atoms with E-state index in [4.69, 9.17) is 21.1 Å². The number of aryl methyl sites for hydroxylation is 1. The number of halogens is 1. The lowest BCUT2D eigenvalue weighted by atomic mass is 10.1. The van der Waals surface area contributed by atoms with Crippen LogP contribution in [0.5, 0.6) is 5.75 Å². The van der Waals surface area contributed by atoms with E-state index in [2.05, 4.69) is 15.5 Å². The minimum absolute atomic E-state index is 0.102. The van der Waals surface area contributed by atoms with E-state index in [0.717, 1.165) is 37.1 Å². The van der Waals surface area contributed by atoms with Crippen LogP contribution in [0, 0.1) is 6.92 Å². The number of anilines is 1. The highest BCUT2D eigenvalue weighted by Crippen LogP contribution is 2.27. The fraction of sp³-hybridized carbons (Fsp3) is 0.348. The Kier molecular flexibility index (Phi) is 7.68. The Bertz CT molecular complexity index is 1070. The zero-order valence-electron chi connectivity index (χ0n) is 17.8. The normalized spacial score (nSPS) is 16.0. The van der Waals surface area contributed by atoms with Gasteiger partial charge in [-0.2, -0.15) is 0 Å². The zero-order valence-corrected chi connectivity index (χ0v) is 19.4. The molecule has 4 rings (SSSR count). The molecule has 2 heterocycles. The number of para-hydroxylation sites is 2. The summed E-state index contributed by atoms with van der Waals surface area (Å²) in [5.74, 6) is 0.659. The number of nitrogens with one attached hydrogen (secondary N) is 1. The highest BCUT2D eigenvalue weighted by atomic mass is 35.5. The van der Waals surface area contributed by atoms with Gasteiger partial charge in [-0.05, 0) is 56.0 Å². The van der Waals surface area contributed by atoms with Gasteiger partial charge in [-0.1, -0.05) is 41.6 Å². The van der Waals surface area contributed by atoms with Gasteiger partial charge < -0.3 is 14.8 Å². The van der Waals surface area contributed by atoms with Crippen LogP contribution in [-0.2, 0) is 9.53 Å². The Hall–Kier alpha value is -2.55. The quantitative estimate of drug-likeness (QED) is 0.469. The molecule has 32 heavy (non-hydrogen) atoms. The number of nitrogens with zero attached hydrogens (tertiary/aromatic N) is 3. The third-order valence-corrected chi connectivity index (χ3v) is 6.49. The molecule has 0 saturated carbocycles. The predicted octanol–water partition coefficient (Wildman–Crippen LogP) is 4.91. The van der Waals surface area contributed by atoms with Crippen molar-refractivity contribution in [2.75, 3.05) is 24.3 Å². The van der Waals surface area contributed by atoms with E-state index < -0.39 is 0 Å². The highest BCUT2D eigenvalue weighted by Gasteiger charge is 2.16. The van der Waals surface area contributed by atoms with Crippen molar-refractivity contribution in [3.05, 3.63) is 59.4 Å². The van der Waals surface area contributed by atoms with Crippen LogP contribution < -0.4 is 10.1 Å². The van der Waals surface area contributed by atoms with Crippen molar-refractivity contribution in [1.29, 1.82) is 0 Å². The topological polar surface area (TPSA) is 78.3 Å². The Morgan fingerprint density at radius 3 is 3.00 bits per heavy atom. The summed E-state index contributed by atoms with van der Waals surface area (Å²) in [7, 11) is 0. The predicted molar refractivity (Wildman–Crippen MR) is 126 cm³/mol. The molecule has 1 aromatic heterocycles. The second-order valence-electron chi connectivity index (χ2n) is 7.55. The molecule has 168 valence electrons.